The molecular weight excluding hydrogens is 377 g/mol. The first-order valence-electron chi connectivity index (χ1n) is 8.60. The van der Waals surface area contributed by atoms with Crippen LogP contribution in [0.4, 0.5) is 13.2 Å². The van der Waals surface area contributed by atoms with Gasteiger partial charge in [-0.3, -0.25) is 4.79 Å². The van der Waals surface area contributed by atoms with E-state index in [1.54, 1.807) is 6.92 Å². The second-order valence-corrected chi connectivity index (χ2v) is 6.36. The molecule has 7 nitrogen and oxygen atoms in total. The highest BCUT2D eigenvalue weighted by Gasteiger charge is 2.30. The highest BCUT2D eigenvalue weighted by molar-refractivity contribution is 5.94. The summed E-state index contributed by atoms with van der Waals surface area (Å²) in [4.78, 5) is 24.2. The first-order valence-corrected chi connectivity index (χ1v) is 8.60. The van der Waals surface area contributed by atoms with Gasteiger partial charge in [0.05, 0.1) is 25.4 Å². The Balaban J connectivity index is 2.11. The molecule has 1 N–H and O–H groups in total. The first kappa shape index (κ1) is 21.4. The number of ether oxygens (including phenoxy) is 1. The molecule has 0 fully saturated rings. The molecule has 1 aromatic carbocycles. The van der Waals surface area contributed by atoms with Crippen LogP contribution < -0.4 is 5.32 Å². The number of esters is 1. The van der Waals surface area contributed by atoms with E-state index in [0.29, 0.717) is 12.0 Å². The van der Waals surface area contributed by atoms with Gasteiger partial charge in [0.15, 0.2) is 5.69 Å². The second kappa shape index (κ2) is 8.85. The van der Waals surface area contributed by atoms with E-state index in [0.717, 1.165) is 12.1 Å². The van der Waals surface area contributed by atoms with Crippen LogP contribution in [-0.2, 0) is 22.3 Å². The van der Waals surface area contributed by atoms with Crippen molar-refractivity contribution in [2.75, 3.05) is 7.11 Å². The predicted molar refractivity (Wildman–Crippen MR) is 93.3 cm³/mol. The standard InChI is InChI=1S/C18H21F3N4O3/c1-4-11(2)15(17(27)28-3)22-16(26)14-10-25(24-23-14)9-12-6-5-7-13(8-12)18(19,20)21/h5-8,10-11,15H,4,9H2,1-3H3,(H,22,26)/t11-,15-/m0/s1. The predicted octanol–water partition coefficient (Wildman–Crippen LogP) is 2.66. The zero-order valence-electron chi connectivity index (χ0n) is 15.7. The number of alkyl halides is 3. The number of carbonyl (C=O) groups is 2. The van der Waals surface area contributed by atoms with Crippen molar-refractivity contribution in [1.29, 1.82) is 0 Å². The van der Waals surface area contributed by atoms with Crippen molar-refractivity contribution in [2.24, 2.45) is 5.92 Å². The van der Waals surface area contributed by atoms with Gasteiger partial charge < -0.3 is 10.1 Å². The first-order chi connectivity index (χ1) is 13.2. The molecule has 28 heavy (non-hydrogen) atoms. The van der Waals surface area contributed by atoms with Crippen molar-refractivity contribution in [3.63, 3.8) is 0 Å². The summed E-state index contributed by atoms with van der Waals surface area (Å²) in [5.41, 5.74) is -0.458. The molecule has 0 radical (unpaired) electrons. The lowest BCUT2D eigenvalue weighted by Gasteiger charge is -2.21. The molecule has 1 aromatic heterocycles. The molecule has 0 spiro atoms. The lowest BCUT2D eigenvalue weighted by atomic mass is 9.99. The fourth-order valence-corrected chi connectivity index (χ4v) is 2.52. The van der Waals surface area contributed by atoms with Crippen molar-refractivity contribution >= 4 is 11.9 Å². The van der Waals surface area contributed by atoms with Crippen LogP contribution >= 0.6 is 0 Å². The maximum Gasteiger partial charge on any atom is 0.416 e. The molecule has 1 amide bonds. The molecule has 0 aliphatic heterocycles. The average Bonchev–Trinajstić information content (AvgIpc) is 3.12. The van der Waals surface area contributed by atoms with Crippen LogP contribution in [0.2, 0.25) is 0 Å². The van der Waals surface area contributed by atoms with Crippen LogP contribution in [0.5, 0.6) is 0 Å². The summed E-state index contributed by atoms with van der Waals surface area (Å²) in [7, 11) is 1.23. The maximum absolute atomic E-state index is 12.8. The summed E-state index contributed by atoms with van der Waals surface area (Å²) in [6, 6.07) is 3.97. The summed E-state index contributed by atoms with van der Waals surface area (Å²) in [5, 5.41) is 10.1. The second-order valence-electron chi connectivity index (χ2n) is 6.36. The maximum atomic E-state index is 12.8. The third-order valence-corrected chi connectivity index (χ3v) is 4.32. The molecular formula is C18H21F3N4O3. The van der Waals surface area contributed by atoms with Crippen LogP contribution in [0.25, 0.3) is 0 Å². The number of halogens is 3. The van der Waals surface area contributed by atoms with Gasteiger partial charge >= 0.3 is 12.1 Å². The number of hydrogen-bond donors (Lipinski definition) is 1. The molecule has 10 heteroatoms. The van der Waals surface area contributed by atoms with Crippen molar-refractivity contribution in [3.8, 4) is 0 Å². The molecule has 0 unspecified atom stereocenters. The van der Waals surface area contributed by atoms with E-state index in [-0.39, 0.29) is 18.2 Å². The Morgan fingerprint density at radius 3 is 2.64 bits per heavy atom. The van der Waals surface area contributed by atoms with E-state index in [9.17, 15) is 22.8 Å². The smallest absolute Gasteiger partial charge is 0.416 e. The number of nitrogens with one attached hydrogen (secondary N) is 1. The lowest BCUT2D eigenvalue weighted by Crippen LogP contribution is -2.45. The fourth-order valence-electron chi connectivity index (χ4n) is 2.52. The minimum Gasteiger partial charge on any atom is -0.467 e. The molecule has 0 bridgehead atoms. The molecule has 0 saturated carbocycles. The van der Waals surface area contributed by atoms with E-state index in [1.165, 1.54) is 30.1 Å². The Morgan fingerprint density at radius 2 is 2.04 bits per heavy atom. The van der Waals surface area contributed by atoms with E-state index in [4.69, 9.17) is 4.74 Å². The third-order valence-electron chi connectivity index (χ3n) is 4.32. The molecule has 1 heterocycles. The number of amides is 1. The Labute approximate surface area is 159 Å². The van der Waals surface area contributed by atoms with Gasteiger partial charge in [0.1, 0.15) is 6.04 Å². The molecule has 2 aromatic rings. The Morgan fingerprint density at radius 1 is 1.32 bits per heavy atom. The molecule has 152 valence electrons. The number of hydrogen-bond acceptors (Lipinski definition) is 5. The number of nitrogens with zero attached hydrogens (tertiary/aromatic N) is 3. The molecule has 0 saturated heterocycles. The highest BCUT2D eigenvalue weighted by Crippen LogP contribution is 2.29. The Hall–Kier alpha value is -2.91. The average molecular weight is 398 g/mol. The minimum absolute atomic E-state index is 0.00991. The van der Waals surface area contributed by atoms with Crippen molar-refractivity contribution in [2.45, 2.75) is 39.0 Å². The quantitative estimate of drug-likeness (QED) is 0.725. The molecule has 2 rings (SSSR count). The molecule has 2 atom stereocenters. The van der Waals surface area contributed by atoms with Gasteiger partial charge in [-0.1, -0.05) is 37.6 Å². The summed E-state index contributed by atoms with van der Waals surface area (Å²) in [6.07, 6.45) is -2.49. The summed E-state index contributed by atoms with van der Waals surface area (Å²) in [6.45, 7) is 3.68. The van der Waals surface area contributed by atoms with Gasteiger partial charge in [0, 0.05) is 0 Å². The SMILES string of the molecule is CC[C@H](C)[C@H](NC(=O)c1cn(Cc2cccc(C(F)(F)F)c2)nn1)C(=O)OC. The van der Waals surface area contributed by atoms with Crippen LogP contribution in [0, 0.1) is 5.92 Å². The third kappa shape index (κ3) is 5.30. The van der Waals surface area contributed by atoms with Crippen molar-refractivity contribution in [3.05, 3.63) is 47.3 Å². The van der Waals surface area contributed by atoms with E-state index in [1.807, 2.05) is 6.92 Å². The van der Waals surface area contributed by atoms with E-state index >= 15 is 0 Å². The Kier molecular flexibility index (Phi) is 6.76. The topological polar surface area (TPSA) is 86.1 Å². The zero-order valence-corrected chi connectivity index (χ0v) is 15.7. The number of benzene rings is 1. The largest absolute Gasteiger partial charge is 0.467 e. The van der Waals surface area contributed by atoms with E-state index in [2.05, 4.69) is 15.6 Å². The minimum atomic E-state index is -4.44. The summed E-state index contributed by atoms with van der Waals surface area (Å²) >= 11 is 0. The summed E-state index contributed by atoms with van der Waals surface area (Å²) in [5.74, 6) is -1.35. The number of aromatic nitrogens is 3. The normalized spacial score (nSPS) is 13.6. The van der Waals surface area contributed by atoms with Crippen molar-refractivity contribution < 1.29 is 27.5 Å². The number of rotatable bonds is 7. The van der Waals surface area contributed by atoms with Gasteiger partial charge in [-0.15, -0.1) is 5.10 Å². The summed E-state index contributed by atoms with van der Waals surface area (Å²) < 4.78 is 44.4. The van der Waals surface area contributed by atoms with Crippen LogP contribution in [0.15, 0.2) is 30.5 Å². The van der Waals surface area contributed by atoms with Crippen molar-refractivity contribution in [1.82, 2.24) is 20.3 Å². The highest BCUT2D eigenvalue weighted by atomic mass is 19.4. The zero-order chi connectivity index (χ0) is 20.9. The Bertz CT molecular complexity index is 835. The van der Waals surface area contributed by atoms with Gasteiger partial charge in [-0.25, -0.2) is 9.48 Å². The van der Waals surface area contributed by atoms with Crippen LogP contribution in [-0.4, -0.2) is 40.0 Å². The lowest BCUT2D eigenvalue weighted by molar-refractivity contribution is -0.144. The number of methoxy groups -OCH3 is 1. The van der Waals surface area contributed by atoms with Gasteiger partial charge in [-0.05, 0) is 23.6 Å². The fraction of sp³-hybridized carbons (Fsp3) is 0.444. The molecule has 0 aliphatic rings. The van der Waals surface area contributed by atoms with Gasteiger partial charge in [0.25, 0.3) is 5.91 Å². The van der Waals surface area contributed by atoms with Crippen LogP contribution in [0.3, 0.4) is 0 Å². The van der Waals surface area contributed by atoms with Gasteiger partial charge in [-0.2, -0.15) is 13.2 Å². The van der Waals surface area contributed by atoms with Gasteiger partial charge in [0.2, 0.25) is 0 Å². The van der Waals surface area contributed by atoms with Crippen LogP contribution in [0.1, 0.15) is 41.9 Å². The van der Waals surface area contributed by atoms with E-state index < -0.39 is 29.7 Å². The monoisotopic (exact) mass is 398 g/mol. The number of carbonyl (C=O) groups excluding carboxylic acids is 2. The molecule has 0 aliphatic carbocycles.